The number of carbonyl (C=O) groups excluding carboxylic acids is 10. The largest absolute Gasteiger partial charge is 0.480 e. The number of aliphatic hydroxyl groups excluding tert-OH is 3. The van der Waals surface area contributed by atoms with Crippen molar-refractivity contribution in [2.45, 2.75) is 330 Å². The van der Waals surface area contributed by atoms with Crippen LogP contribution in [-0.4, -0.2) is 282 Å². The number of ether oxygens (including phenoxy) is 7. The van der Waals surface area contributed by atoms with Gasteiger partial charge in [0, 0.05) is 83.0 Å². The van der Waals surface area contributed by atoms with E-state index in [2.05, 4.69) is 42.5 Å². The van der Waals surface area contributed by atoms with E-state index in [9.17, 15) is 73.5 Å². The Hall–Kier alpha value is -10.9. The van der Waals surface area contributed by atoms with Crippen molar-refractivity contribution in [2.24, 2.45) is 46.6 Å². The lowest BCUT2D eigenvalue weighted by Crippen LogP contribution is -2.61. The van der Waals surface area contributed by atoms with Crippen LogP contribution in [0.4, 0.5) is 0 Å². The van der Waals surface area contributed by atoms with Crippen molar-refractivity contribution in [3.8, 4) is 0 Å². The first-order valence-corrected chi connectivity index (χ1v) is 51.2. The molecule has 0 spiro atoms. The molecule has 0 bridgehead atoms. The zero-order valence-electron chi connectivity index (χ0n) is 87.1. The molecule has 3 fully saturated rings. The number of unbranched alkanes of at least 4 members (excludes halogenated alkanes) is 3. The lowest BCUT2D eigenvalue weighted by molar-refractivity contribution is -0.319. The van der Waals surface area contributed by atoms with Crippen LogP contribution in [0.15, 0.2) is 182 Å². The standard InChI is InChI=1S/C72H92N12O10.C38H69NO13/c73-40-22-19-37-55(76)64(85)79-58(43-49-25-7-1-8-26-49)69(90)82-59(44-50-27-9-2-10-28-50)67(88)77-56(38-20-23-41-74)65(86)80-61(46-52-31-13-4-14-32-52)70(91)83-60(45-51-29-11-3-12-30-51)68(89)78-57(39-21-24-42-75)66(87)81-62(47-53-33-15-5-16-34-53)71(92)84-63(72(93)94)48-54-35-17-6-18-36-54;1-15-26-38(10,45)31(42)21(4)28(40)19(2)17-37(9,47-14)33(52-35-29(41)25(39(11)12)16-20(3)48-35)22(5)30(23(6)34(44)50-26)51-27-18-36(8,46-13)32(43)24(7)49-27/h1-18,25-36,55-63H,19-24,37-48,73-76H2,(H,77,88)(H,78,89)(H,79,85)(H,80,86)(H,81,87)(H,82,90)(H,83,91)(H,84,92)(H,93,94);19-27,29-33,35,41-43,45H,15-18H2,1-14H3/t55-,56-,57-,58-,59-,60-,61-,62-,63-;19-,20-,21+,22+,23-,24+,25+,26-,27+,29-,30+,31-,32+,33-,35+,36-,37-,38-/m01/s1. The van der Waals surface area contributed by atoms with Gasteiger partial charge in [-0.15, -0.1) is 0 Å². The van der Waals surface area contributed by atoms with Crippen LogP contribution in [0.5, 0.6) is 0 Å². The summed E-state index contributed by atoms with van der Waals surface area (Å²) in [4.78, 5) is 160. The molecular formula is C110H161N13O23. The van der Waals surface area contributed by atoms with Crippen molar-refractivity contribution < 1.29 is 111 Å². The van der Waals surface area contributed by atoms with E-state index in [4.69, 9.17) is 56.1 Å². The van der Waals surface area contributed by atoms with E-state index in [1.807, 2.05) is 51.0 Å². The van der Waals surface area contributed by atoms with Gasteiger partial charge in [-0.05, 0) is 179 Å². The minimum atomic E-state index is -1.96. The molecular weight excluding hydrogens is 1870 g/mol. The molecule has 0 aromatic heterocycles. The first-order valence-electron chi connectivity index (χ1n) is 51.2. The van der Waals surface area contributed by atoms with Crippen molar-refractivity contribution in [2.75, 3.05) is 47.9 Å². The average molecular weight is 2030 g/mol. The summed E-state index contributed by atoms with van der Waals surface area (Å²) < 4.78 is 43.9. The topological polar surface area (TPSA) is 557 Å². The maximum Gasteiger partial charge on any atom is 0.326 e. The van der Waals surface area contributed by atoms with Crippen LogP contribution in [0, 0.1) is 23.7 Å². The van der Waals surface area contributed by atoms with Gasteiger partial charge in [-0.1, -0.05) is 216 Å². The number of ketones is 1. The van der Waals surface area contributed by atoms with Crippen LogP contribution in [0.3, 0.4) is 0 Å². The molecule has 3 aliphatic rings. The second-order valence-electron chi connectivity index (χ2n) is 40.1. The molecule has 0 aliphatic carbocycles. The molecule has 9 rings (SSSR count). The lowest BCUT2D eigenvalue weighted by Gasteiger charge is -2.50. The van der Waals surface area contributed by atoms with Gasteiger partial charge in [0.15, 0.2) is 12.6 Å². The number of cyclic esters (lactones) is 1. The number of nitrogens with two attached hydrogens (primary N) is 4. The molecule has 6 aromatic carbocycles. The Balaban J connectivity index is 0.000000421. The third-order valence-corrected chi connectivity index (χ3v) is 28.2. The zero-order chi connectivity index (χ0) is 107. The maximum atomic E-state index is 15.1. The number of benzene rings is 6. The molecule has 36 heteroatoms. The van der Waals surface area contributed by atoms with E-state index in [1.54, 1.807) is 212 Å². The summed E-state index contributed by atoms with van der Waals surface area (Å²) in [6.07, 6.45) is -5.55. The predicted molar refractivity (Wildman–Crippen MR) is 552 cm³/mol. The zero-order valence-corrected chi connectivity index (χ0v) is 87.1. The van der Waals surface area contributed by atoms with Crippen LogP contribution < -0.4 is 65.5 Å². The number of methoxy groups -OCH3 is 2. The highest BCUT2D eigenvalue weighted by Crippen LogP contribution is 2.43. The molecule has 8 amide bonds. The van der Waals surface area contributed by atoms with Gasteiger partial charge in [0.1, 0.15) is 78.0 Å². The van der Waals surface area contributed by atoms with E-state index in [1.165, 1.54) is 21.1 Å². The number of esters is 1. The SMILES string of the molecule is CC[C@H]1OC(=O)[C@H](C)[C@@H](O[C@H]2C[C@@](C)(OC)[C@@H](O)[C@H](C)O2)[C@H](C)[C@@H](O[C@@H]2O[C@H](C)C[C@H](N(C)C)[C@H]2O)[C@](C)(OC)C[C@@H](C)C(=O)[C@H](C)[C@@H](O)[C@]1(C)O.NCCCC[C@H](NC(=O)[C@H](Cc1ccccc1)NC(=O)[C@H](Cc1ccccc1)NC(=O)[C@H](CCCCN)NC(=O)[C@H](Cc1ccccc1)NC(=O)[C@H](Cc1ccccc1)NC(=O)[C@@H](N)CCCCN)C(=O)N[C@@H](Cc1ccccc1)C(=O)N[C@@H](Cc1ccccc1)C(=O)O. The first kappa shape index (κ1) is 120. The summed E-state index contributed by atoms with van der Waals surface area (Å²) >= 11 is 0. The molecule has 804 valence electrons. The van der Waals surface area contributed by atoms with Crippen molar-refractivity contribution in [3.05, 3.63) is 215 Å². The highest BCUT2D eigenvalue weighted by atomic mass is 16.7. The molecule has 3 heterocycles. The third-order valence-electron chi connectivity index (χ3n) is 28.2. The van der Waals surface area contributed by atoms with Crippen molar-refractivity contribution in [1.82, 2.24) is 47.4 Å². The van der Waals surface area contributed by atoms with Crippen LogP contribution in [0.2, 0.25) is 0 Å². The maximum absolute atomic E-state index is 15.1. The molecule has 146 heavy (non-hydrogen) atoms. The van der Waals surface area contributed by atoms with Gasteiger partial charge in [-0.3, -0.25) is 47.9 Å². The number of amides is 8. The fourth-order valence-electron chi connectivity index (χ4n) is 19.3. The van der Waals surface area contributed by atoms with Gasteiger partial charge in [-0.25, -0.2) is 4.79 Å². The Morgan fingerprint density at radius 1 is 0.445 bits per heavy atom. The summed E-state index contributed by atoms with van der Waals surface area (Å²) in [6, 6.07) is 41.6. The highest BCUT2D eigenvalue weighted by molar-refractivity contribution is 5.99. The number of likely N-dealkylation sites (N-methyl/N-ethyl adjacent to an activating group) is 1. The number of Topliss-reactive ketones (excluding diaryl/α,β-unsaturated/α-hetero) is 1. The van der Waals surface area contributed by atoms with Gasteiger partial charge in [0.25, 0.3) is 0 Å². The molecule has 3 saturated heterocycles. The molecule has 0 unspecified atom stereocenters. The molecule has 0 radical (unpaired) electrons. The smallest absolute Gasteiger partial charge is 0.326 e. The molecule has 36 nitrogen and oxygen atoms in total. The number of aliphatic carboxylic acids is 1. The van der Waals surface area contributed by atoms with Crippen molar-refractivity contribution >= 4 is 65.0 Å². The number of carbonyl (C=O) groups is 11. The third kappa shape index (κ3) is 36.0. The molecule has 21 N–H and O–H groups in total. The van der Waals surface area contributed by atoms with E-state index < -0.39 is 209 Å². The fraction of sp³-hybridized carbons (Fsp3) is 0.573. The number of nitrogens with one attached hydrogen (secondary N) is 8. The molecule has 6 aromatic rings. The average Bonchev–Trinajstić information content (AvgIpc) is 0.767. The Morgan fingerprint density at radius 3 is 1.12 bits per heavy atom. The molecule has 0 saturated carbocycles. The number of carboxylic acids is 1. The number of hydrogen-bond acceptors (Lipinski definition) is 27. The second kappa shape index (κ2) is 59.3. The van der Waals surface area contributed by atoms with Crippen LogP contribution >= 0.6 is 0 Å². The van der Waals surface area contributed by atoms with Gasteiger partial charge >= 0.3 is 11.9 Å². The Morgan fingerprint density at radius 2 is 0.781 bits per heavy atom. The highest BCUT2D eigenvalue weighted by Gasteiger charge is 2.55. The van der Waals surface area contributed by atoms with Crippen molar-refractivity contribution in [1.29, 1.82) is 0 Å². The van der Waals surface area contributed by atoms with Crippen LogP contribution in [0.1, 0.15) is 186 Å². The van der Waals surface area contributed by atoms with Gasteiger partial charge < -0.3 is 129 Å². The van der Waals surface area contributed by atoms with Crippen LogP contribution in [-0.2, 0) is 124 Å². The van der Waals surface area contributed by atoms with Crippen LogP contribution in [0.25, 0.3) is 0 Å². The van der Waals surface area contributed by atoms with E-state index in [0.717, 1.165) is 5.56 Å². The van der Waals surface area contributed by atoms with Crippen molar-refractivity contribution in [3.63, 3.8) is 0 Å². The Kier molecular flexibility index (Phi) is 48.9. The summed E-state index contributed by atoms with van der Waals surface area (Å²) in [5.41, 5.74) is 23.6. The summed E-state index contributed by atoms with van der Waals surface area (Å²) in [7, 11) is 6.77. The predicted octanol–water partition coefficient (Wildman–Crippen LogP) is 5.56. The summed E-state index contributed by atoms with van der Waals surface area (Å²) in [5.74, 6) is -11.6. The monoisotopic (exact) mass is 2030 g/mol. The number of hydrogen-bond donors (Lipinski definition) is 17. The van der Waals surface area contributed by atoms with Gasteiger partial charge in [-0.2, -0.15) is 0 Å². The normalized spacial score (nSPS) is 26.4. The van der Waals surface area contributed by atoms with Gasteiger partial charge in [0.2, 0.25) is 47.3 Å². The van der Waals surface area contributed by atoms with E-state index in [0.29, 0.717) is 85.7 Å². The Bertz CT molecular complexity index is 5030. The van der Waals surface area contributed by atoms with E-state index in [-0.39, 0.29) is 102 Å². The molecule has 3 aliphatic heterocycles. The lowest BCUT2D eigenvalue weighted by atomic mass is 9.74. The minimum Gasteiger partial charge on any atom is -0.480 e. The summed E-state index contributed by atoms with van der Waals surface area (Å²) in [5, 5.41) is 78.3. The van der Waals surface area contributed by atoms with Gasteiger partial charge in [0.05, 0.1) is 53.7 Å². The number of rotatable bonds is 49. The first-order chi connectivity index (χ1) is 69.5. The minimum absolute atomic E-state index is 0.0222. The summed E-state index contributed by atoms with van der Waals surface area (Å²) in [6.45, 7) is 18.0. The number of nitrogens with zero attached hydrogens (tertiary/aromatic N) is 1. The number of aliphatic hydroxyl groups is 4. The molecule has 27 atom stereocenters. The second-order valence-corrected chi connectivity index (χ2v) is 40.1. The fourth-order valence-corrected chi connectivity index (χ4v) is 19.3. The van der Waals surface area contributed by atoms with E-state index >= 15 is 4.79 Å². The quantitative estimate of drug-likeness (QED) is 0.0164. The number of carboxylic acid groups (broad SMARTS) is 1. The Labute approximate surface area is 859 Å².